The SMILES string of the molecule is Cn1cc(CNc2cc3nc[nH]c(=O)c3cc2[N+](=O)[O-])c(-c2ccccc2)n1. The van der Waals surface area contributed by atoms with Crippen molar-refractivity contribution in [1.82, 2.24) is 19.7 Å². The van der Waals surface area contributed by atoms with Gasteiger partial charge in [-0.05, 0) is 6.07 Å². The van der Waals surface area contributed by atoms with Crippen molar-refractivity contribution in [3.63, 3.8) is 0 Å². The van der Waals surface area contributed by atoms with Gasteiger partial charge in [-0.2, -0.15) is 5.10 Å². The van der Waals surface area contributed by atoms with Crippen LogP contribution < -0.4 is 10.9 Å². The molecule has 2 aromatic heterocycles. The quantitative estimate of drug-likeness (QED) is 0.408. The molecular formula is C19H16N6O3. The van der Waals surface area contributed by atoms with Gasteiger partial charge in [-0.3, -0.25) is 19.6 Å². The largest absolute Gasteiger partial charge is 0.375 e. The van der Waals surface area contributed by atoms with Crippen molar-refractivity contribution in [3.05, 3.63) is 81.0 Å². The summed E-state index contributed by atoms with van der Waals surface area (Å²) < 4.78 is 1.70. The monoisotopic (exact) mass is 376 g/mol. The number of aromatic amines is 1. The molecule has 0 atom stereocenters. The summed E-state index contributed by atoms with van der Waals surface area (Å²) in [6, 6.07) is 12.5. The summed E-state index contributed by atoms with van der Waals surface area (Å²) in [5.41, 5.74) is 2.72. The standard InChI is InChI=1S/C19H16N6O3/c1-24-10-13(18(23-24)12-5-3-2-4-6-12)9-20-16-8-15-14(7-17(16)25(27)28)19(26)22-11-21-15/h2-8,10-11,20H,9H2,1H3,(H,21,22,26). The highest BCUT2D eigenvalue weighted by Crippen LogP contribution is 2.29. The molecule has 4 aromatic rings. The van der Waals surface area contributed by atoms with Crippen molar-refractivity contribution in [1.29, 1.82) is 0 Å². The molecule has 0 bridgehead atoms. The van der Waals surface area contributed by atoms with Crippen LogP contribution in [-0.2, 0) is 13.6 Å². The van der Waals surface area contributed by atoms with Crippen LogP contribution in [0.5, 0.6) is 0 Å². The fourth-order valence-corrected chi connectivity index (χ4v) is 3.09. The summed E-state index contributed by atoms with van der Waals surface area (Å²) in [6.45, 7) is 0.327. The minimum absolute atomic E-state index is 0.172. The summed E-state index contributed by atoms with van der Waals surface area (Å²) in [7, 11) is 1.82. The van der Waals surface area contributed by atoms with Gasteiger partial charge in [0.05, 0.1) is 27.8 Å². The van der Waals surface area contributed by atoms with E-state index in [9.17, 15) is 14.9 Å². The third-order valence-corrected chi connectivity index (χ3v) is 4.38. The fraction of sp³-hybridized carbons (Fsp3) is 0.105. The Morgan fingerprint density at radius 3 is 2.79 bits per heavy atom. The van der Waals surface area contributed by atoms with E-state index < -0.39 is 10.5 Å². The molecular weight excluding hydrogens is 360 g/mol. The van der Waals surface area contributed by atoms with E-state index in [2.05, 4.69) is 20.4 Å². The summed E-state index contributed by atoms with van der Waals surface area (Å²) in [6.07, 6.45) is 3.14. The van der Waals surface area contributed by atoms with Gasteiger partial charge in [-0.1, -0.05) is 30.3 Å². The van der Waals surface area contributed by atoms with E-state index in [0.29, 0.717) is 17.7 Å². The molecule has 0 radical (unpaired) electrons. The van der Waals surface area contributed by atoms with Crippen molar-refractivity contribution in [3.8, 4) is 11.3 Å². The maximum Gasteiger partial charge on any atom is 0.293 e. The Labute approximate surface area is 158 Å². The lowest BCUT2D eigenvalue weighted by atomic mass is 10.1. The number of benzene rings is 2. The van der Waals surface area contributed by atoms with Crippen molar-refractivity contribution < 1.29 is 4.92 Å². The van der Waals surface area contributed by atoms with Crippen molar-refractivity contribution in [2.24, 2.45) is 7.05 Å². The van der Waals surface area contributed by atoms with Gasteiger partial charge in [-0.15, -0.1) is 0 Å². The fourth-order valence-electron chi connectivity index (χ4n) is 3.09. The first-order valence-electron chi connectivity index (χ1n) is 8.50. The van der Waals surface area contributed by atoms with E-state index in [1.54, 1.807) is 4.68 Å². The zero-order valence-electron chi connectivity index (χ0n) is 14.9. The van der Waals surface area contributed by atoms with Gasteiger partial charge in [0.15, 0.2) is 0 Å². The maximum absolute atomic E-state index is 11.9. The molecule has 0 amide bonds. The van der Waals surface area contributed by atoms with Gasteiger partial charge in [0.25, 0.3) is 11.2 Å². The molecule has 0 fully saturated rings. The van der Waals surface area contributed by atoms with Gasteiger partial charge >= 0.3 is 0 Å². The highest BCUT2D eigenvalue weighted by molar-refractivity contribution is 5.86. The molecule has 0 unspecified atom stereocenters. The van der Waals surface area contributed by atoms with Crippen LogP contribution in [0.1, 0.15) is 5.56 Å². The Morgan fingerprint density at radius 2 is 2.04 bits per heavy atom. The van der Waals surface area contributed by atoms with Crippen molar-refractivity contribution in [2.45, 2.75) is 6.54 Å². The number of rotatable bonds is 5. The molecule has 2 N–H and O–H groups in total. The second kappa shape index (κ2) is 6.95. The van der Waals surface area contributed by atoms with Crippen LogP contribution in [0.25, 0.3) is 22.2 Å². The zero-order valence-corrected chi connectivity index (χ0v) is 14.9. The first-order valence-corrected chi connectivity index (χ1v) is 8.50. The van der Waals surface area contributed by atoms with Crippen molar-refractivity contribution in [2.75, 3.05) is 5.32 Å². The number of H-pyrrole nitrogens is 1. The summed E-state index contributed by atoms with van der Waals surface area (Å²) >= 11 is 0. The first-order chi connectivity index (χ1) is 13.5. The molecule has 4 rings (SSSR count). The molecule has 9 heteroatoms. The predicted molar refractivity (Wildman–Crippen MR) is 105 cm³/mol. The Hall–Kier alpha value is -4.01. The molecule has 0 saturated carbocycles. The normalized spacial score (nSPS) is 10.9. The lowest BCUT2D eigenvalue weighted by molar-refractivity contribution is -0.383. The van der Waals surface area contributed by atoms with Crippen LogP contribution in [0.4, 0.5) is 11.4 Å². The van der Waals surface area contributed by atoms with Crippen molar-refractivity contribution >= 4 is 22.3 Å². The average Bonchev–Trinajstić information content (AvgIpc) is 3.07. The van der Waals surface area contributed by atoms with E-state index in [-0.39, 0.29) is 11.1 Å². The number of fused-ring (bicyclic) bond motifs is 1. The average molecular weight is 376 g/mol. The Balaban J connectivity index is 1.71. The Morgan fingerprint density at radius 1 is 1.25 bits per heavy atom. The zero-order chi connectivity index (χ0) is 19.7. The van der Waals surface area contributed by atoms with E-state index >= 15 is 0 Å². The molecule has 0 spiro atoms. The highest BCUT2D eigenvalue weighted by atomic mass is 16.6. The van der Waals surface area contributed by atoms with Gasteiger partial charge < -0.3 is 10.3 Å². The molecule has 0 aliphatic rings. The third-order valence-electron chi connectivity index (χ3n) is 4.38. The van der Waals surface area contributed by atoms with Gasteiger partial charge in [0.2, 0.25) is 0 Å². The van der Waals surface area contributed by atoms with E-state index in [4.69, 9.17) is 0 Å². The number of nitro groups is 1. The number of aromatic nitrogens is 4. The molecule has 0 aliphatic carbocycles. The molecule has 28 heavy (non-hydrogen) atoms. The number of nitro benzene ring substituents is 1. The Kier molecular flexibility index (Phi) is 4.32. The number of aryl methyl sites for hydroxylation is 1. The van der Waals surface area contributed by atoms with Crippen LogP contribution in [0.3, 0.4) is 0 Å². The molecule has 9 nitrogen and oxygen atoms in total. The van der Waals surface area contributed by atoms with E-state index in [1.807, 2.05) is 43.6 Å². The summed E-state index contributed by atoms with van der Waals surface area (Å²) in [5, 5.41) is 19.3. The first kappa shape index (κ1) is 17.4. The number of hydrogen-bond acceptors (Lipinski definition) is 6. The van der Waals surface area contributed by atoms with Crippen LogP contribution in [0.15, 0.2) is 59.8 Å². The number of anilines is 1. The molecule has 2 aromatic carbocycles. The number of nitrogens with one attached hydrogen (secondary N) is 2. The second-order valence-electron chi connectivity index (χ2n) is 6.27. The predicted octanol–water partition coefficient (Wildman–Crippen LogP) is 2.84. The lowest BCUT2D eigenvalue weighted by Crippen LogP contribution is -2.09. The molecule has 140 valence electrons. The number of hydrogen-bond donors (Lipinski definition) is 2. The van der Waals surface area contributed by atoms with Crippen LogP contribution >= 0.6 is 0 Å². The van der Waals surface area contributed by atoms with E-state index in [0.717, 1.165) is 16.8 Å². The van der Waals surface area contributed by atoms with Gasteiger partial charge in [0, 0.05) is 37.0 Å². The minimum Gasteiger partial charge on any atom is -0.375 e. The summed E-state index contributed by atoms with van der Waals surface area (Å²) in [5.74, 6) is 0. The Bertz CT molecular complexity index is 1230. The molecule has 2 heterocycles. The van der Waals surface area contributed by atoms with Gasteiger partial charge in [0.1, 0.15) is 5.69 Å². The van der Waals surface area contributed by atoms with Crippen LogP contribution in [0.2, 0.25) is 0 Å². The maximum atomic E-state index is 11.9. The number of nitrogens with zero attached hydrogens (tertiary/aromatic N) is 4. The summed E-state index contributed by atoms with van der Waals surface area (Å²) in [4.78, 5) is 29.4. The second-order valence-corrected chi connectivity index (χ2v) is 6.27. The third kappa shape index (κ3) is 3.20. The molecule has 0 aliphatic heterocycles. The van der Waals surface area contributed by atoms with E-state index in [1.165, 1.54) is 18.5 Å². The molecule has 0 saturated heterocycles. The minimum atomic E-state index is -0.518. The highest BCUT2D eigenvalue weighted by Gasteiger charge is 2.18. The lowest BCUT2D eigenvalue weighted by Gasteiger charge is -2.08. The van der Waals surface area contributed by atoms with Crippen LogP contribution in [0, 0.1) is 10.1 Å². The van der Waals surface area contributed by atoms with Crippen LogP contribution in [-0.4, -0.2) is 24.7 Å². The topological polar surface area (TPSA) is 119 Å². The van der Waals surface area contributed by atoms with Gasteiger partial charge in [-0.25, -0.2) is 4.98 Å². The smallest absolute Gasteiger partial charge is 0.293 e.